The van der Waals surface area contributed by atoms with E-state index in [4.69, 9.17) is 10.5 Å². The number of carbonyl (C=O) groups is 2. The highest BCUT2D eigenvalue weighted by atomic mass is 16.5. The van der Waals surface area contributed by atoms with Crippen LogP contribution < -0.4 is 11.1 Å². The Balaban J connectivity index is 2.06. The maximum atomic E-state index is 12.9. The molecule has 0 saturated heterocycles. The summed E-state index contributed by atoms with van der Waals surface area (Å²) in [4.78, 5) is 25.4. The topological polar surface area (TPSA) is 81.4 Å². The van der Waals surface area contributed by atoms with Gasteiger partial charge in [-0.2, -0.15) is 0 Å². The van der Waals surface area contributed by atoms with Gasteiger partial charge in [-0.05, 0) is 36.2 Å². The van der Waals surface area contributed by atoms with Crippen molar-refractivity contribution in [2.75, 3.05) is 19.7 Å². The predicted molar refractivity (Wildman–Crippen MR) is 107 cm³/mol. The number of esters is 1. The number of nitrogens with two attached hydrogens (primary N) is 1. The first-order chi connectivity index (χ1) is 12.9. The SMILES string of the molecule is CC(C)[C@@H]1CC[C@@H](C)C[C@H]1C(=O)NCC(C(=O)OCCN)c1ccccc1. The van der Waals surface area contributed by atoms with Crippen molar-refractivity contribution in [1.29, 1.82) is 0 Å². The fourth-order valence-electron chi connectivity index (χ4n) is 4.12. The number of ether oxygens (including phenoxy) is 1. The van der Waals surface area contributed by atoms with Crippen molar-refractivity contribution < 1.29 is 14.3 Å². The van der Waals surface area contributed by atoms with Crippen LogP contribution in [0.2, 0.25) is 0 Å². The number of benzene rings is 1. The first-order valence-electron chi connectivity index (χ1n) is 10.1. The van der Waals surface area contributed by atoms with E-state index in [-0.39, 0.29) is 37.5 Å². The van der Waals surface area contributed by atoms with Gasteiger partial charge in [0.2, 0.25) is 5.91 Å². The molecule has 0 spiro atoms. The molecular weight excluding hydrogens is 340 g/mol. The molecule has 3 N–H and O–H groups in total. The number of rotatable bonds is 8. The third-order valence-electron chi connectivity index (χ3n) is 5.69. The molecule has 1 unspecified atom stereocenters. The maximum Gasteiger partial charge on any atom is 0.315 e. The second-order valence-electron chi connectivity index (χ2n) is 8.10. The van der Waals surface area contributed by atoms with Gasteiger partial charge in [-0.3, -0.25) is 9.59 Å². The number of hydrogen-bond acceptors (Lipinski definition) is 4. The molecule has 27 heavy (non-hydrogen) atoms. The zero-order valence-electron chi connectivity index (χ0n) is 16.8. The van der Waals surface area contributed by atoms with E-state index in [1.165, 1.54) is 6.42 Å². The van der Waals surface area contributed by atoms with Gasteiger partial charge in [0, 0.05) is 19.0 Å². The molecular formula is C22H34N2O3. The molecule has 150 valence electrons. The molecule has 1 aromatic rings. The summed E-state index contributed by atoms with van der Waals surface area (Å²) >= 11 is 0. The van der Waals surface area contributed by atoms with Crippen molar-refractivity contribution in [3.63, 3.8) is 0 Å². The summed E-state index contributed by atoms with van der Waals surface area (Å²) in [6.45, 7) is 7.33. The lowest BCUT2D eigenvalue weighted by Crippen LogP contribution is -2.42. The maximum absolute atomic E-state index is 12.9. The lowest BCUT2D eigenvalue weighted by Gasteiger charge is -2.36. The Kier molecular flexibility index (Phi) is 8.29. The predicted octanol–water partition coefficient (Wildman–Crippen LogP) is 3.10. The Hall–Kier alpha value is -1.88. The summed E-state index contributed by atoms with van der Waals surface area (Å²) in [7, 11) is 0. The molecule has 1 aliphatic rings. The summed E-state index contributed by atoms with van der Waals surface area (Å²) in [5.74, 6) is 0.672. The molecule has 5 nitrogen and oxygen atoms in total. The fraction of sp³-hybridized carbons (Fsp3) is 0.636. The monoisotopic (exact) mass is 374 g/mol. The van der Waals surface area contributed by atoms with Crippen molar-refractivity contribution in [2.45, 2.75) is 46.0 Å². The van der Waals surface area contributed by atoms with Gasteiger partial charge >= 0.3 is 5.97 Å². The summed E-state index contributed by atoms with van der Waals surface area (Å²) in [5, 5.41) is 3.04. The minimum absolute atomic E-state index is 0.0187. The second-order valence-corrected chi connectivity index (χ2v) is 8.10. The highest BCUT2D eigenvalue weighted by molar-refractivity contribution is 5.82. The molecule has 0 aromatic heterocycles. The van der Waals surface area contributed by atoms with E-state index in [1.807, 2.05) is 30.3 Å². The molecule has 2 rings (SSSR count). The summed E-state index contributed by atoms with van der Waals surface area (Å²) in [5.41, 5.74) is 6.29. The van der Waals surface area contributed by atoms with Gasteiger partial charge in [0.1, 0.15) is 6.61 Å². The molecule has 1 amide bonds. The van der Waals surface area contributed by atoms with Crippen LogP contribution in [0.25, 0.3) is 0 Å². The van der Waals surface area contributed by atoms with Crippen LogP contribution in [-0.2, 0) is 14.3 Å². The third kappa shape index (κ3) is 6.06. The van der Waals surface area contributed by atoms with Gasteiger partial charge in [0.25, 0.3) is 0 Å². The lowest BCUT2D eigenvalue weighted by molar-refractivity contribution is -0.145. The summed E-state index contributed by atoms with van der Waals surface area (Å²) in [6.07, 6.45) is 3.20. The van der Waals surface area contributed by atoms with Crippen molar-refractivity contribution in [3.8, 4) is 0 Å². The summed E-state index contributed by atoms with van der Waals surface area (Å²) in [6, 6.07) is 9.46. The van der Waals surface area contributed by atoms with Crippen LogP contribution in [0.4, 0.5) is 0 Å². The molecule has 5 heteroatoms. The highest BCUT2D eigenvalue weighted by Crippen LogP contribution is 2.38. The van der Waals surface area contributed by atoms with E-state index in [2.05, 4.69) is 26.1 Å². The first-order valence-corrected chi connectivity index (χ1v) is 10.1. The summed E-state index contributed by atoms with van der Waals surface area (Å²) < 4.78 is 5.25. The van der Waals surface area contributed by atoms with E-state index in [1.54, 1.807) is 0 Å². The Morgan fingerprint density at radius 1 is 1.22 bits per heavy atom. The smallest absolute Gasteiger partial charge is 0.315 e. The highest BCUT2D eigenvalue weighted by Gasteiger charge is 2.35. The molecule has 1 aromatic carbocycles. The van der Waals surface area contributed by atoms with Gasteiger partial charge in [-0.15, -0.1) is 0 Å². The molecule has 0 bridgehead atoms. The van der Waals surface area contributed by atoms with Crippen LogP contribution in [0.5, 0.6) is 0 Å². The molecule has 1 fully saturated rings. The Labute approximate surface area is 163 Å². The quantitative estimate of drug-likeness (QED) is 0.685. The second kappa shape index (κ2) is 10.5. The van der Waals surface area contributed by atoms with Gasteiger partial charge in [-0.1, -0.05) is 57.5 Å². The average Bonchev–Trinajstić information content (AvgIpc) is 2.66. The average molecular weight is 375 g/mol. The zero-order chi connectivity index (χ0) is 19.8. The molecule has 0 radical (unpaired) electrons. The van der Waals surface area contributed by atoms with Crippen LogP contribution >= 0.6 is 0 Å². The van der Waals surface area contributed by atoms with Crippen LogP contribution in [0.1, 0.15) is 51.5 Å². The van der Waals surface area contributed by atoms with Crippen molar-refractivity contribution in [2.24, 2.45) is 29.4 Å². The molecule has 0 heterocycles. The molecule has 1 aliphatic carbocycles. The Morgan fingerprint density at radius 2 is 1.93 bits per heavy atom. The van der Waals surface area contributed by atoms with E-state index in [0.29, 0.717) is 17.8 Å². The number of amides is 1. The minimum atomic E-state index is -0.514. The van der Waals surface area contributed by atoms with E-state index >= 15 is 0 Å². The molecule has 0 aliphatic heterocycles. The lowest BCUT2D eigenvalue weighted by atomic mass is 9.70. The van der Waals surface area contributed by atoms with Crippen LogP contribution in [0.3, 0.4) is 0 Å². The van der Waals surface area contributed by atoms with Crippen LogP contribution in [-0.4, -0.2) is 31.6 Å². The largest absolute Gasteiger partial charge is 0.464 e. The zero-order valence-corrected chi connectivity index (χ0v) is 16.8. The van der Waals surface area contributed by atoms with Crippen molar-refractivity contribution in [3.05, 3.63) is 35.9 Å². The van der Waals surface area contributed by atoms with E-state index in [9.17, 15) is 9.59 Å². The van der Waals surface area contributed by atoms with Crippen LogP contribution in [0.15, 0.2) is 30.3 Å². The number of hydrogen-bond donors (Lipinski definition) is 2. The molecule has 1 saturated carbocycles. The third-order valence-corrected chi connectivity index (χ3v) is 5.69. The van der Waals surface area contributed by atoms with Gasteiger partial charge in [-0.25, -0.2) is 0 Å². The van der Waals surface area contributed by atoms with Gasteiger partial charge in [0.15, 0.2) is 0 Å². The minimum Gasteiger partial charge on any atom is -0.464 e. The Bertz CT molecular complexity index is 603. The number of carbonyl (C=O) groups excluding carboxylic acids is 2. The van der Waals surface area contributed by atoms with Gasteiger partial charge < -0.3 is 15.8 Å². The van der Waals surface area contributed by atoms with Crippen LogP contribution in [0, 0.1) is 23.7 Å². The number of nitrogens with one attached hydrogen (secondary N) is 1. The fourth-order valence-corrected chi connectivity index (χ4v) is 4.12. The Morgan fingerprint density at radius 3 is 2.56 bits per heavy atom. The van der Waals surface area contributed by atoms with Gasteiger partial charge in [0.05, 0.1) is 5.92 Å². The standard InChI is InChI=1S/C22H34N2O3/c1-15(2)18-10-9-16(3)13-19(18)21(25)24-14-20(22(26)27-12-11-23)17-7-5-4-6-8-17/h4-8,15-16,18-20H,9-14,23H2,1-3H3,(H,24,25)/t16-,18+,19-,20?/m1/s1. The van der Waals surface area contributed by atoms with E-state index in [0.717, 1.165) is 18.4 Å². The normalized spacial score (nSPS) is 23.7. The van der Waals surface area contributed by atoms with Crippen molar-refractivity contribution in [1.82, 2.24) is 5.32 Å². The van der Waals surface area contributed by atoms with Crippen molar-refractivity contribution >= 4 is 11.9 Å². The first kappa shape index (κ1) is 21.4. The molecule has 4 atom stereocenters. The van der Waals surface area contributed by atoms with E-state index < -0.39 is 5.92 Å².